The van der Waals surface area contributed by atoms with Gasteiger partial charge in [0.05, 0.1) is 81.9 Å². The lowest BCUT2D eigenvalue weighted by Crippen LogP contribution is -2.57. The molecule has 0 spiro atoms. The van der Waals surface area contributed by atoms with Crippen LogP contribution in [0.2, 0.25) is 0 Å². The summed E-state index contributed by atoms with van der Waals surface area (Å²) in [4.78, 5) is 304. The minimum absolute atomic E-state index is 0.0275. The Kier molecular flexibility index (Phi) is 33.7. The third-order valence-electron chi connectivity index (χ3n) is 28.2. The molecule has 20 amide bonds. The van der Waals surface area contributed by atoms with Crippen LogP contribution >= 0.6 is 0 Å². The Morgan fingerprint density at radius 1 is 0.281 bits per heavy atom. The second kappa shape index (κ2) is 45.0. The monoisotopic (exact) mass is 1900 g/mol. The van der Waals surface area contributed by atoms with Crippen LogP contribution in [0.15, 0.2) is 0 Å². The molecule has 13 aliphatic rings. The fourth-order valence-electron chi connectivity index (χ4n) is 21.4. The van der Waals surface area contributed by atoms with Crippen LogP contribution in [0.1, 0.15) is 148 Å². The van der Waals surface area contributed by atoms with Gasteiger partial charge in [-0.15, -0.1) is 0 Å². The average Bonchev–Trinajstić information content (AvgIpc) is 1.66. The number of β-amino-alcohol motifs (C(OH)–C–C–N with tert-alkyl or cyclic N) is 6. The first kappa shape index (κ1) is 101. The Labute approximate surface area is 776 Å². The number of aliphatic hydroxyl groups is 6. The van der Waals surface area contributed by atoms with Gasteiger partial charge in [0.15, 0.2) is 0 Å². The number of likely N-dealkylation sites (tertiary alicyclic amines) is 12. The zero-order chi connectivity index (χ0) is 97.1. The summed E-state index contributed by atoms with van der Waals surface area (Å²) in [6.07, 6.45) is -2.80. The molecule has 0 aromatic heterocycles. The van der Waals surface area contributed by atoms with Crippen molar-refractivity contribution in [1.82, 2.24) is 107 Å². The zero-order valence-electron chi connectivity index (χ0n) is 75.3. The lowest BCUT2D eigenvalue weighted by molar-refractivity contribution is -0.148. The third-order valence-corrected chi connectivity index (χ3v) is 28.2. The van der Waals surface area contributed by atoms with Gasteiger partial charge < -0.3 is 148 Å². The van der Waals surface area contributed by atoms with E-state index >= 15 is 0 Å². The predicted octanol–water partition coefficient (Wildman–Crippen LogP) is -13.0. The summed E-state index contributed by atoms with van der Waals surface area (Å²) in [6.45, 7) is -4.82. The van der Waals surface area contributed by atoms with Gasteiger partial charge in [-0.25, -0.2) is 0 Å². The normalized spacial score (nSPS) is 29.6. The second-order valence-electron chi connectivity index (χ2n) is 37.3. The van der Waals surface area contributed by atoms with E-state index in [1.54, 1.807) is 0 Å². The molecule has 0 aromatic rings. The molecule has 18 N–H and O–H groups in total. The summed E-state index contributed by atoms with van der Waals surface area (Å²) in [5, 5.41) is 97.0. The highest BCUT2D eigenvalue weighted by Gasteiger charge is 2.53. The van der Waals surface area contributed by atoms with Gasteiger partial charge in [-0.1, -0.05) is 0 Å². The van der Waals surface area contributed by atoms with E-state index in [9.17, 15) is 131 Å². The maximum Gasteiger partial charge on any atom is 0.322 e. The first-order valence-electron chi connectivity index (χ1n) is 47.1. The molecular weight excluding hydrogens is 1780 g/mol. The fraction of sp³-hybridized carbons (Fsp3) is 0.753. The highest BCUT2D eigenvalue weighted by Crippen LogP contribution is 2.34. The van der Waals surface area contributed by atoms with Gasteiger partial charge in [0, 0.05) is 117 Å². The molecule has 13 saturated heterocycles. The van der Waals surface area contributed by atoms with Gasteiger partial charge in [-0.05, 0) is 122 Å². The van der Waals surface area contributed by atoms with Crippen molar-refractivity contribution in [3.63, 3.8) is 0 Å². The molecule has 0 saturated carbocycles. The number of hydrogen-bond acceptors (Lipinski definition) is 29. The molecule has 50 heteroatoms. The number of aliphatic hydroxyl groups excluding tert-OH is 6. The van der Waals surface area contributed by atoms with Crippen LogP contribution in [0.3, 0.4) is 0 Å². The van der Waals surface area contributed by atoms with E-state index in [2.05, 4.69) is 47.9 Å². The number of unbranched alkanes of at least 4 members (excludes halogenated alkanes) is 1. The molecule has 50 nitrogen and oxygen atoms in total. The quantitative estimate of drug-likeness (QED) is 0.0271. The number of rotatable bonds is 33. The minimum atomic E-state index is -1.35. The SMILES string of the molecule is NCCCC[C@H](NC(=O)[C@@H]1CCCN1C(=O)CNC(=O)[C@@H]1C[C@@H](O)CN1C(=O)[C@@H]1CCCN1C(=O)CNC(=O)[C@@H]1C[C@@H](O)CN1C(=O)[C@@H]1CCCN1C(=O)CNC(=O)[C@@H]1C[C@@H](O)CN1C(=O)[C@@H]1CCCN1C(=O)CNC(=O)[C@@H]1C[C@@H](O)CN1C(=O)[C@@H]1CCCN1C(=O)CNC(=O)[C@@H]1C[C@@H](O)CN1C(=O)[C@@H]1CCCN1C(=O)CNC(=O)[C@@H]1C[C@@H](O)CN1C(=O)[C@@H]1CCCN1)C(=O)NCC(=O)O. The van der Waals surface area contributed by atoms with Crippen LogP contribution in [-0.2, 0) is 101 Å². The van der Waals surface area contributed by atoms with Crippen LogP contribution in [0, 0.1) is 0 Å². The Bertz CT molecular complexity index is 4540. The summed E-state index contributed by atoms with van der Waals surface area (Å²) in [6, 6.07) is -16.0. The van der Waals surface area contributed by atoms with Gasteiger partial charge in [-0.2, -0.15) is 0 Å². The van der Waals surface area contributed by atoms with E-state index in [0.717, 1.165) is 30.9 Å². The topological polar surface area (TPSA) is 673 Å². The molecule has 13 heterocycles. The number of aliphatic carboxylic acids is 1. The van der Waals surface area contributed by atoms with E-state index in [0.29, 0.717) is 70.9 Å². The van der Waals surface area contributed by atoms with Crippen molar-refractivity contribution < 1.29 is 136 Å². The number of carboxylic acid groups (broad SMARTS) is 1. The molecule has 0 unspecified atom stereocenters. The smallest absolute Gasteiger partial charge is 0.322 e. The molecule has 13 aliphatic heterocycles. The number of carbonyl (C=O) groups is 21. The predicted molar refractivity (Wildman–Crippen MR) is 460 cm³/mol. The van der Waals surface area contributed by atoms with Gasteiger partial charge >= 0.3 is 5.97 Å². The van der Waals surface area contributed by atoms with Crippen LogP contribution in [0.5, 0.6) is 0 Å². The van der Waals surface area contributed by atoms with E-state index in [1.165, 1.54) is 34.3 Å². The van der Waals surface area contributed by atoms with Crippen molar-refractivity contribution in [2.75, 3.05) is 137 Å². The molecule has 0 aromatic carbocycles. The number of nitrogens with two attached hydrogens (primary N) is 1. The number of amides is 20. The van der Waals surface area contributed by atoms with Gasteiger partial charge in [0.1, 0.15) is 85.1 Å². The highest BCUT2D eigenvalue weighted by molar-refractivity contribution is 6.02. The Morgan fingerprint density at radius 3 is 0.763 bits per heavy atom. The molecule has 0 bridgehead atoms. The molecule has 135 heavy (non-hydrogen) atoms. The van der Waals surface area contributed by atoms with Crippen LogP contribution in [0.4, 0.5) is 0 Å². The van der Waals surface area contributed by atoms with Crippen molar-refractivity contribution >= 4 is 124 Å². The van der Waals surface area contributed by atoms with Crippen molar-refractivity contribution in [3.8, 4) is 0 Å². The second-order valence-corrected chi connectivity index (χ2v) is 37.3. The zero-order valence-corrected chi connectivity index (χ0v) is 75.3. The van der Waals surface area contributed by atoms with E-state index in [4.69, 9.17) is 10.8 Å². The minimum Gasteiger partial charge on any atom is -0.480 e. The molecule has 0 aliphatic carbocycles. The van der Waals surface area contributed by atoms with Crippen molar-refractivity contribution in [2.45, 2.75) is 269 Å². The molecule has 744 valence electrons. The summed E-state index contributed by atoms with van der Waals surface area (Å²) in [5.41, 5.74) is 5.60. The lowest BCUT2D eigenvalue weighted by atomic mass is 10.1. The summed E-state index contributed by atoms with van der Waals surface area (Å²) < 4.78 is 0. The van der Waals surface area contributed by atoms with Gasteiger partial charge in [0.25, 0.3) is 0 Å². The van der Waals surface area contributed by atoms with Gasteiger partial charge in [-0.3, -0.25) is 101 Å². The van der Waals surface area contributed by atoms with Crippen LogP contribution in [-0.4, -0.2) is 477 Å². The first-order chi connectivity index (χ1) is 64.5. The van der Waals surface area contributed by atoms with E-state index < -0.39 is 285 Å². The largest absolute Gasteiger partial charge is 0.480 e. The molecule has 0 radical (unpaired) electrons. The maximum absolute atomic E-state index is 14.5. The summed E-state index contributed by atoms with van der Waals surface area (Å²) in [7, 11) is 0. The summed E-state index contributed by atoms with van der Waals surface area (Å²) >= 11 is 0. The number of hydrogen-bond donors (Lipinski definition) is 17. The third kappa shape index (κ3) is 23.5. The number of carboxylic acids is 1. The van der Waals surface area contributed by atoms with E-state index in [1.807, 2.05) is 0 Å². The van der Waals surface area contributed by atoms with E-state index in [-0.39, 0.29) is 168 Å². The maximum atomic E-state index is 14.5. The summed E-state index contributed by atoms with van der Waals surface area (Å²) in [5.74, 6) is -15.5. The van der Waals surface area contributed by atoms with Gasteiger partial charge in [0.2, 0.25) is 118 Å². The Balaban J connectivity index is 0.536. The molecule has 20 atom stereocenters. The fourth-order valence-corrected chi connectivity index (χ4v) is 21.4. The standard InChI is InChI=1S/C85H126N22O28/c86-18-2-1-10-51(72(122)94-38-71(120)121)95-79(129)53-12-4-20-96(53)65(114)32-88-74(124)60-27-46(109)40-103(60)81(131)55-14-6-22-98(55)67(116)34-90-76(126)62-29-48(111)42-105(62)83(133)57-16-8-24-100(57)69(118)36-92-78(128)64-31-50(113)44-107(64)85(135)58-17-9-25-101(58)70(119)37-93-77(127)63-30-49(112)43-106(63)84(134)56-15-7-23-99(56)68(117)35-91-75(125)61-28-47(110)41-104(61)82(132)54-13-5-21-97(54)66(115)33-89-73(123)59-26-45(108)39-102(59)80(130)52-11-3-19-87-52/h45-64,87,108-113H,1-44,86H2,(H,88,124)(H,89,123)(H,90,126)(H,91,125)(H,92,128)(H,93,127)(H,94,122)(H,95,129)(H,120,121)/t45-,46-,47-,48-,49-,50-,51+,52+,53+,54+,55+,56+,57+,58+,59+,60+,61+,62+,63+,64+/m1/s1. The van der Waals surface area contributed by atoms with Crippen molar-refractivity contribution in [2.24, 2.45) is 5.73 Å². The van der Waals surface area contributed by atoms with Crippen LogP contribution < -0.4 is 53.6 Å². The number of nitrogens with one attached hydrogen (secondary N) is 9. The van der Waals surface area contributed by atoms with Crippen molar-refractivity contribution in [3.05, 3.63) is 0 Å². The first-order valence-corrected chi connectivity index (χ1v) is 47.1. The highest BCUT2D eigenvalue weighted by atomic mass is 16.4. The lowest BCUT2D eigenvalue weighted by Gasteiger charge is -2.32. The molecule has 13 rings (SSSR count). The average molecular weight is 1900 g/mol. The number of nitrogens with zero attached hydrogens (tertiary/aromatic N) is 12. The number of carbonyl (C=O) groups excluding carboxylic acids is 20. The van der Waals surface area contributed by atoms with Crippen molar-refractivity contribution in [1.29, 1.82) is 0 Å². The molecule has 13 fully saturated rings. The van der Waals surface area contributed by atoms with Crippen LogP contribution in [0.25, 0.3) is 0 Å². The Morgan fingerprint density at radius 2 is 0.526 bits per heavy atom. The molecular formula is C85H126N22O28. The Hall–Kier alpha value is -11.4.